The summed E-state index contributed by atoms with van der Waals surface area (Å²) in [6.07, 6.45) is 0. The maximum atomic E-state index is 12.0. The van der Waals surface area contributed by atoms with Crippen LogP contribution in [0.2, 0.25) is 0 Å². The van der Waals surface area contributed by atoms with Gasteiger partial charge < -0.3 is 9.84 Å². The van der Waals surface area contributed by atoms with E-state index in [2.05, 4.69) is 4.98 Å². The Hall–Kier alpha value is -2.09. The van der Waals surface area contributed by atoms with Gasteiger partial charge in [-0.1, -0.05) is 0 Å². The highest BCUT2D eigenvalue weighted by atomic mass is 16.5. The zero-order chi connectivity index (χ0) is 13.4. The van der Waals surface area contributed by atoms with Gasteiger partial charge in [-0.3, -0.25) is 18.5 Å². The molecule has 0 atom stereocenters. The second-order valence-electron chi connectivity index (χ2n) is 3.90. The van der Waals surface area contributed by atoms with Gasteiger partial charge >= 0.3 is 5.69 Å². The Kier molecular flexibility index (Phi) is 2.95. The number of aliphatic hydroxyl groups is 1. The lowest BCUT2D eigenvalue weighted by molar-refractivity contribution is 0.188. The lowest BCUT2D eigenvalue weighted by atomic mass is 10.5. The van der Waals surface area contributed by atoms with Crippen molar-refractivity contribution in [1.82, 2.24) is 18.7 Å². The van der Waals surface area contributed by atoms with Crippen LogP contribution in [0.5, 0.6) is 6.01 Å². The van der Waals surface area contributed by atoms with Crippen LogP contribution in [0.4, 0.5) is 0 Å². The first-order valence-corrected chi connectivity index (χ1v) is 5.35. The fourth-order valence-electron chi connectivity index (χ4n) is 1.76. The van der Waals surface area contributed by atoms with E-state index in [4.69, 9.17) is 9.84 Å². The minimum atomic E-state index is -0.445. The number of fused-ring (bicyclic) bond motifs is 1. The van der Waals surface area contributed by atoms with Crippen molar-refractivity contribution >= 4 is 11.2 Å². The van der Waals surface area contributed by atoms with Crippen molar-refractivity contribution in [2.24, 2.45) is 21.1 Å². The Morgan fingerprint density at radius 2 is 1.83 bits per heavy atom. The van der Waals surface area contributed by atoms with Crippen molar-refractivity contribution in [2.45, 2.75) is 0 Å². The number of ether oxygens (including phenoxy) is 1. The zero-order valence-electron chi connectivity index (χ0n) is 10.4. The maximum Gasteiger partial charge on any atom is 0.332 e. The minimum absolute atomic E-state index is 0.0748. The van der Waals surface area contributed by atoms with Gasteiger partial charge in [-0.25, -0.2) is 4.79 Å². The largest absolute Gasteiger partial charge is 0.462 e. The number of nitrogens with zero attached hydrogens (tertiary/aromatic N) is 4. The smallest absolute Gasteiger partial charge is 0.332 e. The van der Waals surface area contributed by atoms with Gasteiger partial charge in [0.05, 0.1) is 6.61 Å². The molecule has 2 heterocycles. The highest BCUT2D eigenvalue weighted by Crippen LogP contribution is 2.14. The summed E-state index contributed by atoms with van der Waals surface area (Å²) in [5.74, 6) is 0. The highest BCUT2D eigenvalue weighted by molar-refractivity contribution is 5.71. The van der Waals surface area contributed by atoms with Crippen molar-refractivity contribution in [3.05, 3.63) is 20.8 Å². The first-order chi connectivity index (χ1) is 8.49. The first kappa shape index (κ1) is 12.4. The Morgan fingerprint density at radius 3 is 2.44 bits per heavy atom. The van der Waals surface area contributed by atoms with Gasteiger partial charge in [0.15, 0.2) is 11.2 Å². The van der Waals surface area contributed by atoms with Crippen LogP contribution in [0.25, 0.3) is 11.2 Å². The van der Waals surface area contributed by atoms with E-state index >= 15 is 0 Å². The number of aromatic nitrogens is 4. The molecule has 8 nitrogen and oxygen atoms in total. The van der Waals surface area contributed by atoms with E-state index < -0.39 is 11.2 Å². The van der Waals surface area contributed by atoms with Crippen LogP contribution in [0.1, 0.15) is 0 Å². The number of hydrogen-bond acceptors (Lipinski definition) is 5. The molecule has 0 bridgehead atoms. The first-order valence-electron chi connectivity index (χ1n) is 5.35. The molecule has 0 saturated heterocycles. The van der Waals surface area contributed by atoms with Crippen LogP contribution >= 0.6 is 0 Å². The van der Waals surface area contributed by atoms with Crippen molar-refractivity contribution in [3.8, 4) is 6.01 Å². The lowest BCUT2D eigenvalue weighted by Gasteiger charge is -2.03. The Morgan fingerprint density at radius 1 is 1.17 bits per heavy atom. The molecule has 2 aromatic rings. The van der Waals surface area contributed by atoms with Gasteiger partial charge in [0.25, 0.3) is 11.6 Å². The number of aryl methyl sites for hydroxylation is 2. The SMILES string of the molecule is Cn1c(=O)c2c(nc(OCCO)n2C)n(C)c1=O. The summed E-state index contributed by atoms with van der Waals surface area (Å²) in [6.45, 7) is -0.0778. The van der Waals surface area contributed by atoms with Crippen LogP contribution in [0, 0.1) is 0 Å². The van der Waals surface area contributed by atoms with Crippen LogP contribution < -0.4 is 16.0 Å². The summed E-state index contributed by atoms with van der Waals surface area (Å²) in [4.78, 5) is 27.8. The molecule has 0 amide bonds. The quantitative estimate of drug-likeness (QED) is 0.708. The van der Waals surface area contributed by atoms with Gasteiger partial charge in [-0.2, -0.15) is 4.98 Å². The van der Waals surface area contributed by atoms with Crippen molar-refractivity contribution in [2.75, 3.05) is 13.2 Å². The maximum absolute atomic E-state index is 12.0. The average molecular weight is 254 g/mol. The van der Waals surface area contributed by atoms with E-state index in [1.165, 1.54) is 23.2 Å². The number of imidazole rings is 1. The second kappa shape index (κ2) is 4.30. The van der Waals surface area contributed by atoms with Crippen molar-refractivity contribution < 1.29 is 9.84 Å². The molecule has 0 aliphatic heterocycles. The standard InChI is InChI=1S/C10H14N4O4/c1-12-6-7(11-9(12)18-5-4-15)13(2)10(17)14(3)8(6)16/h15H,4-5H2,1-3H3. The molecule has 2 aromatic heterocycles. The molecule has 0 aliphatic carbocycles. The molecule has 1 N–H and O–H groups in total. The monoisotopic (exact) mass is 254 g/mol. The minimum Gasteiger partial charge on any atom is -0.462 e. The van der Waals surface area contributed by atoms with Crippen LogP contribution in [-0.4, -0.2) is 37.0 Å². The molecule has 0 radical (unpaired) electrons. The lowest BCUT2D eigenvalue weighted by Crippen LogP contribution is -2.37. The Balaban J connectivity index is 2.80. The normalized spacial score (nSPS) is 11.1. The third kappa shape index (κ3) is 1.61. The summed E-state index contributed by atoms with van der Waals surface area (Å²) in [5, 5.41) is 8.71. The van der Waals surface area contributed by atoms with Gasteiger partial charge in [-0.15, -0.1) is 0 Å². The summed E-state index contributed by atoms with van der Waals surface area (Å²) in [7, 11) is 4.56. The van der Waals surface area contributed by atoms with E-state index in [9.17, 15) is 9.59 Å². The molecule has 0 fully saturated rings. The average Bonchev–Trinajstić information content (AvgIpc) is 2.69. The molecule has 18 heavy (non-hydrogen) atoms. The van der Waals surface area contributed by atoms with Crippen molar-refractivity contribution in [3.63, 3.8) is 0 Å². The van der Waals surface area contributed by atoms with E-state index in [0.717, 1.165) is 4.57 Å². The second-order valence-corrected chi connectivity index (χ2v) is 3.90. The number of aliphatic hydroxyl groups excluding tert-OH is 1. The van der Waals surface area contributed by atoms with E-state index in [1.54, 1.807) is 7.05 Å². The van der Waals surface area contributed by atoms with Gasteiger partial charge in [0, 0.05) is 21.1 Å². The molecule has 98 valence electrons. The van der Waals surface area contributed by atoms with Crippen LogP contribution in [-0.2, 0) is 21.1 Å². The van der Waals surface area contributed by atoms with E-state index in [0.29, 0.717) is 0 Å². The molecule has 0 unspecified atom stereocenters. The predicted octanol–water partition coefficient (Wildman–Crippen LogP) is -1.66. The fourth-order valence-corrected chi connectivity index (χ4v) is 1.76. The summed E-state index contributed by atoms with van der Waals surface area (Å²) in [6, 6.07) is 0.192. The molecule has 8 heteroatoms. The number of hydrogen-bond donors (Lipinski definition) is 1. The Labute approximate surface area is 102 Å². The van der Waals surface area contributed by atoms with Gasteiger partial charge in [0.2, 0.25) is 0 Å². The van der Waals surface area contributed by atoms with E-state index in [1.807, 2.05) is 0 Å². The Bertz CT molecular complexity index is 709. The molecule has 0 aliphatic rings. The third-order valence-electron chi connectivity index (χ3n) is 2.76. The predicted molar refractivity (Wildman–Crippen MR) is 63.8 cm³/mol. The highest BCUT2D eigenvalue weighted by Gasteiger charge is 2.17. The molecular weight excluding hydrogens is 240 g/mol. The zero-order valence-corrected chi connectivity index (χ0v) is 10.4. The molecule has 0 aromatic carbocycles. The van der Waals surface area contributed by atoms with Crippen LogP contribution in [0.3, 0.4) is 0 Å². The topological polar surface area (TPSA) is 91.3 Å². The molecule has 0 spiro atoms. The van der Waals surface area contributed by atoms with Crippen molar-refractivity contribution in [1.29, 1.82) is 0 Å². The fraction of sp³-hybridized carbons (Fsp3) is 0.500. The molecule has 2 rings (SSSR count). The number of rotatable bonds is 3. The van der Waals surface area contributed by atoms with Gasteiger partial charge in [-0.05, 0) is 0 Å². The van der Waals surface area contributed by atoms with Gasteiger partial charge in [0.1, 0.15) is 6.61 Å². The summed E-state index contributed by atoms with van der Waals surface area (Å²) in [5.41, 5.74) is -0.327. The molecular formula is C10H14N4O4. The summed E-state index contributed by atoms with van der Waals surface area (Å²) < 4.78 is 8.96. The van der Waals surface area contributed by atoms with Crippen LogP contribution in [0.15, 0.2) is 9.59 Å². The third-order valence-corrected chi connectivity index (χ3v) is 2.76. The molecule has 0 saturated carbocycles. The van der Waals surface area contributed by atoms with E-state index in [-0.39, 0.29) is 30.4 Å². The summed E-state index contributed by atoms with van der Waals surface area (Å²) >= 11 is 0.